The third-order valence-electron chi connectivity index (χ3n) is 2.96. The van der Waals surface area contributed by atoms with Crippen molar-refractivity contribution in [2.24, 2.45) is 0 Å². The number of hydrogen-bond acceptors (Lipinski definition) is 6. The lowest BCUT2D eigenvalue weighted by Gasteiger charge is -2.03. The molecule has 0 saturated carbocycles. The Hall–Kier alpha value is -2.06. The molecule has 8 heteroatoms. The van der Waals surface area contributed by atoms with Crippen LogP contribution in [0.3, 0.4) is 0 Å². The van der Waals surface area contributed by atoms with Crippen molar-refractivity contribution in [2.75, 3.05) is 0 Å². The molecule has 3 heterocycles. The minimum absolute atomic E-state index is 0.132. The van der Waals surface area contributed by atoms with Gasteiger partial charge in [0.1, 0.15) is 11.0 Å². The van der Waals surface area contributed by atoms with Gasteiger partial charge in [0.15, 0.2) is 15.4 Å². The highest BCUT2D eigenvalue weighted by Gasteiger charge is 2.12. The molecule has 0 atom stereocenters. The smallest absolute Gasteiger partial charge is 0.273 e. The molecule has 0 aromatic carbocycles. The van der Waals surface area contributed by atoms with Gasteiger partial charge in [-0.15, -0.1) is 6.58 Å². The number of aryl methyl sites for hydroxylation is 1. The van der Waals surface area contributed by atoms with Crippen molar-refractivity contribution in [3.05, 3.63) is 50.8 Å². The zero-order valence-corrected chi connectivity index (χ0v) is 12.9. The van der Waals surface area contributed by atoms with Crippen LogP contribution >= 0.6 is 23.6 Å². The molecule has 0 aliphatic rings. The number of fused-ring (bicyclic) bond motifs is 1. The lowest BCUT2D eigenvalue weighted by Crippen LogP contribution is -2.20. The highest BCUT2D eigenvalue weighted by Crippen LogP contribution is 2.18. The quantitative estimate of drug-likeness (QED) is 0.546. The molecule has 3 aromatic heterocycles. The second-order valence-electron chi connectivity index (χ2n) is 4.53. The maximum Gasteiger partial charge on any atom is 0.273 e. The standard InChI is InChI=1S/C13H12N4O2S2/c1-3-4-17-11-10(21-13(17)20)12(18)16(7-14-11)6-9-5-8(2)15-19-9/h3,5,7H,1,4,6H2,2H3. The molecule has 0 aliphatic heterocycles. The molecule has 0 amide bonds. The minimum atomic E-state index is -0.132. The molecule has 3 rings (SSSR count). The Morgan fingerprint density at radius 1 is 1.57 bits per heavy atom. The summed E-state index contributed by atoms with van der Waals surface area (Å²) in [6.07, 6.45) is 3.23. The molecule has 0 bridgehead atoms. The van der Waals surface area contributed by atoms with E-state index < -0.39 is 0 Å². The van der Waals surface area contributed by atoms with Gasteiger partial charge < -0.3 is 9.09 Å². The highest BCUT2D eigenvalue weighted by atomic mass is 32.1. The average molecular weight is 320 g/mol. The fourth-order valence-electron chi connectivity index (χ4n) is 2.03. The monoisotopic (exact) mass is 320 g/mol. The number of hydrogen-bond donors (Lipinski definition) is 0. The van der Waals surface area contributed by atoms with Crippen LogP contribution in [-0.4, -0.2) is 19.3 Å². The maximum absolute atomic E-state index is 12.5. The Balaban J connectivity index is 2.10. The molecular weight excluding hydrogens is 308 g/mol. The first-order chi connectivity index (χ1) is 10.1. The first-order valence-corrected chi connectivity index (χ1v) is 7.44. The molecule has 0 aliphatic carbocycles. The van der Waals surface area contributed by atoms with Crippen LogP contribution in [0.2, 0.25) is 0 Å². The molecule has 0 spiro atoms. The molecule has 0 fully saturated rings. The van der Waals surface area contributed by atoms with E-state index in [1.807, 2.05) is 6.92 Å². The molecule has 3 aromatic rings. The Bertz CT molecular complexity index is 932. The van der Waals surface area contributed by atoms with Crippen LogP contribution in [0.15, 0.2) is 34.4 Å². The molecule has 21 heavy (non-hydrogen) atoms. The van der Waals surface area contributed by atoms with Gasteiger partial charge in [0.2, 0.25) is 0 Å². The summed E-state index contributed by atoms with van der Waals surface area (Å²) in [5.41, 5.74) is 1.24. The van der Waals surface area contributed by atoms with Crippen molar-refractivity contribution in [1.29, 1.82) is 0 Å². The molecule has 108 valence electrons. The Kier molecular flexibility index (Phi) is 3.56. The number of nitrogens with zero attached hydrogens (tertiary/aromatic N) is 4. The lowest BCUT2D eigenvalue weighted by atomic mass is 10.4. The van der Waals surface area contributed by atoms with Gasteiger partial charge in [-0.2, -0.15) is 0 Å². The van der Waals surface area contributed by atoms with E-state index in [0.717, 1.165) is 5.69 Å². The van der Waals surface area contributed by atoms with E-state index in [1.54, 1.807) is 16.7 Å². The largest absolute Gasteiger partial charge is 0.359 e. The van der Waals surface area contributed by atoms with Crippen LogP contribution in [0.5, 0.6) is 0 Å². The van der Waals surface area contributed by atoms with Crippen molar-refractivity contribution >= 4 is 33.9 Å². The second kappa shape index (κ2) is 5.38. The van der Waals surface area contributed by atoms with Gasteiger partial charge in [-0.25, -0.2) is 4.98 Å². The summed E-state index contributed by atoms with van der Waals surface area (Å²) in [4.78, 5) is 16.8. The van der Waals surface area contributed by atoms with E-state index in [4.69, 9.17) is 16.7 Å². The molecular formula is C13H12N4O2S2. The predicted molar refractivity (Wildman–Crippen MR) is 83.2 cm³/mol. The predicted octanol–water partition coefficient (Wildman–Crippen LogP) is 2.52. The first kappa shape index (κ1) is 13.9. The fourth-order valence-corrected chi connectivity index (χ4v) is 3.35. The van der Waals surface area contributed by atoms with Crippen molar-refractivity contribution in [1.82, 2.24) is 19.3 Å². The highest BCUT2D eigenvalue weighted by molar-refractivity contribution is 7.73. The van der Waals surface area contributed by atoms with Crippen LogP contribution in [0, 0.1) is 10.9 Å². The van der Waals surface area contributed by atoms with E-state index in [2.05, 4.69) is 16.7 Å². The average Bonchev–Trinajstić information content (AvgIpc) is 2.99. The van der Waals surface area contributed by atoms with Gasteiger partial charge in [0, 0.05) is 12.6 Å². The van der Waals surface area contributed by atoms with Gasteiger partial charge in [0.25, 0.3) is 5.56 Å². The number of thiazole rings is 1. The van der Waals surface area contributed by atoms with E-state index in [9.17, 15) is 4.79 Å². The summed E-state index contributed by atoms with van der Waals surface area (Å²) in [5.74, 6) is 0.616. The summed E-state index contributed by atoms with van der Waals surface area (Å²) in [6, 6.07) is 1.79. The summed E-state index contributed by atoms with van der Waals surface area (Å²) >= 11 is 6.53. The number of aromatic nitrogens is 4. The summed E-state index contributed by atoms with van der Waals surface area (Å²) < 4.78 is 9.58. The van der Waals surface area contributed by atoms with Crippen LogP contribution < -0.4 is 5.56 Å². The number of allylic oxidation sites excluding steroid dienone is 1. The molecule has 0 unspecified atom stereocenters. The van der Waals surface area contributed by atoms with Crippen LogP contribution in [-0.2, 0) is 13.1 Å². The van der Waals surface area contributed by atoms with E-state index >= 15 is 0 Å². The van der Waals surface area contributed by atoms with Gasteiger partial charge in [-0.1, -0.05) is 22.6 Å². The topological polar surface area (TPSA) is 65.8 Å². The zero-order chi connectivity index (χ0) is 15.0. The normalized spacial score (nSPS) is 11.1. The Labute approximate surface area is 129 Å². The molecule has 0 saturated heterocycles. The third kappa shape index (κ3) is 2.47. The maximum atomic E-state index is 12.5. The molecule has 0 radical (unpaired) electrons. The van der Waals surface area contributed by atoms with Gasteiger partial charge in [-0.05, 0) is 19.1 Å². The van der Waals surface area contributed by atoms with Crippen molar-refractivity contribution in [2.45, 2.75) is 20.0 Å². The van der Waals surface area contributed by atoms with E-state index in [-0.39, 0.29) is 5.56 Å². The van der Waals surface area contributed by atoms with Crippen LogP contribution in [0.25, 0.3) is 10.3 Å². The second-order valence-corrected chi connectivity index (χ2v) is 6.18. The molecule has 6 nitrogen and oxygen atoms in total. The summed E-state index contributed by atoms with van der Waals surface area (Å²) in [7, 11) is 0. The van der Waals surface area contributed by atoms with Crippen LogP contribution in [0.1, 0.15) is 11.5 Å². The van der Waals surface area contributed by atoms with Crippen molar-refractivity contribution < 1.29 is 4.52 Å². The van der Waals surface area contributed by atoms with Gasteiger partial charge in [0.05, 0.1) is 12.2 Å². The molecule has 0 N–H and O–H groups in total. The minimum Gasteiger partial charge on any atom is -0.359 e. The van der Waals surface area contributed by atoms with E-state index in [1.165, 1.54) is 22.2 Å². The Morgan fingerprint density at radius 2 is 2.38 bits per heavy atom. The summed E-state index contributed by atoms with van der Waals surface area (Å²) in [6.45, 7) is 6.36. The lowest BCUT2D eigenvalue weighted by molar-refractivity contribution is 0.371. The van der Waals surface area contributed by atoms with Crippen molar-refractivity contribution in [3.8, 4) is 0 Å². The zero-order valence-electron chi connectivity index (χ0n) is 11.3. The van der Waals surface area contributed by atoms with Gasteiger partial charge >= 0.3 is 0 Å². The number of rotatable bonds is 4. The third-order valence-corrected chi connectivity index (χ3v) is 4.38. The Morgan fingerprint density at radius 3 is 3.05 bits per heavy atom. The fraction of sp³-hybridized carbons (Fsp3) is 0.231. The van der Waals surface area contributed by atoms with Crippen LogP contribution in [0.4, 0.5) is 0 Å². The van der Waals surface area contributed by atoms with Gasteiger partial charge in [-0.3, -0.25) is 9.36 Å². The van der Waals surface area contributed by atoms with Crippen molar-refractivity contribution in [3.63, 3.8) is 0 Å². The first-order valence-electron chi connectivity index (χ1n) is 6.22. The van der Waals surface area contributed by atoms with E-state index in [0.29, 0.717) is 33.2 Å². The summed E-state index contributed by atoms with van der Waals surface area (Å²) in [5, 5.41) is 3.81. The SMILES string of the molecule is C=CCn1c(=S)sc2c(=O)n(Cc3cc(C)no3)cnc21.